The lowest BCUT2D eigenvalue weighted by molar-refractivity contribution is -0.143. The van der Waals surface area contributed by atoms with Crippen LogP contribution in [0.3, 0.4) is 0 Å². The van der Waals surface area contributed by atoms with Gasteiger partial charge in [0.2, 0.25) is 17.7 Å². The minimum absolute atomic E-state index is 0.0573. The van der Waals surface area contributed by atoms with Crippen molar-refractivity contribution in [1.82, 2.24) is 25.9 Å². The van der Waals surface area contributed by atoms with Gasteiger partial charge in [-0.15, -0.1) is 0 Å². The minimum atomic E-state index is -1.17. The Hall–Kier alpha value is -2.95. The zero-order chi connectivity index (χ0) is 23.7. The van der Waals surface area contributed by atoms with Crippen LogP contribution in [0.5, 0.6) is 0 Å². The van der Waals surface area contributed by atoms with Crippen LogP contribution in [-0.4, -0.2) is 62.9 Å². The van der Waals surface area contributed by atoms with E-state index in [9.17, 15) is 24.3 Å². The molecule has 0 fully saturated rings. The van der Waals surface area contributed by atoms with E-state index in [0.717, 1.165) is 0 Å². The molecule has 0 aromatic carbocycles. The fraction of sp³-hybridized carbons (Fsp3) is 0.650. The number of carboxylic acid groups (broad SMARTS) is 1. The summed E-state index contributed by atoms with van der Waals surface area (Å²) in [7, 11) is 0. The Bertz CT molecular complexity index is 751. The number of aromatic nitrogens is 2. The molecular formula is C20H34N6O5. The summed E-state index contributed by atoms with van der Waals surface area (Å²) in [6.07, 6.45) is 3.70. The van der Waals surface area contributed by atoms with Gasteiger partial charge in [-0.05, 0) is 18.8 Å². The summed E-state index contributed by atoms with van der Waals surface area (Å²) in [5.74, 6) is -3.30. The molecule has 0 aliphatic carbocycles. The van der Waals surface area contributed by atoms with Crippen molar-refractivity contribution in [2.75, 3.05) is 0 Å². The van der Waals surface area contributed by atoms with Gasteiger partial charge in [0, 0.05) is 18.3 Å². The molecule has 0 radical (unpaired) electrons. The summed E-state index contributed by atoms with van der Waals surface area (Å²) in [5, 5.41) is 16.9. The molecule has 0 aliphatic rings. The number of nitrogens with zero attached hydrogens (tertiary/aromatic N) is 1. The van der Waals surface area contributed by atoms with Crippen molar-refractivity contribution >= 4 is 23.7 Å². The van der Waals surface area contributed by atoms with Gasteiger partial charge in [-0.3, -0.25) is 14.4 Å². The first-order chi connectivity index (χ1) is 14.5. The molecule has 1 aromatic rings. The first kappa shape index (κ1) is 26.1. The van der Waals surface area contributed by atoms with Gasteiger partial charge in [0.25, 0.3) is 0 Å². The van der Waals surface area contributed by atoms with Gasteiger partial charge in [-0.2, -0.15) is 0 Å². The zero-order valence-electron chi connectivity index (χ0n) is 18.6. The molecule has 0 bridgehead atoms. The van der Waals surface area contributed by atoms with Gasteiger partial charge < -0.3 is 31.8 Å². The van der Waals surface area contributed by atoms with Crippen LogP contribution in [-0.2, 0) is 25.6 Å². The minimum Gasteiger partial charge on any atom is -0.480 e. The van der Waals surface area contributed by atoms with Crippen molar-refractivity contribution in [3.05, 3.63) is 18.2 Å². The Morgan fingerprint density at radius 1 is 1.06 bits per heavy atom. The number of carboxylic acids is 1. The fourth-order valence-electron chi connectivity index (χ4n) is 2.78. The molecule has 0 spiro atoms. The van der Waals surface area contributed by atoms with Crippen LogP contribution in [0.4, 0.5) is 0 Å². The number of amides is 3. The molecule has 0 saturated carbocycles. The number of hydrogen-bond donors (Lipinski definition) is 6. The molecule has 0 saturated heterocycles. The Morgan fingerprint density at radius 3 is 2.19 bits per heavy atom. The van der Waals surface area contributed by atoms with Gasteiger partial charge in [0.1, 0.15) is 18.1 Å². The van der Waals surface area contributed by atoms with Crippen LogP contribution in [0.25, 0.3) is 0 Å². The van der Waals surface area contributed by atoms with Crippen molar-refractivity contribution < 1.29 is 24.3 Å². The quantitative estimate of drug-likeness (QED) is 0.255. The first-order valence-electron chi connectivity index (χ1n) is 10.3. The summed E-state index contributed by atoms with van der Waals surface area (Å²) < 4.78 is 0. The highest BCUT2D eigenvalue weighted by Crippen LogP contribution is 2.07. The van der Waals surface area contributed by atoms with Crippen LogP contribution in [0.2, 0.25) is 0 Å². The number of rotatable bonds is 12. The summed E-state index contributed by atoms with van der Waals surface area (Å²) in [4.78, 5) is 55.8. The average molecular weight is 439 g/mol. The summed E-state index contributed by atoms with van der Waals surface area (Å²) in [5.41, 5.74) is 6.47. The second kappa shape index (κ2) is 12.0. The van der Waals surface area contributed by atoms with E-state index in [4.69, 9.17) is 5.73 Å². The zero-order valence-corrected chi connectivity index (χ0v) is 18.6. The second-order valence-electron chi connectivity index (χ2n) is 8.05. The molecule has 3 amide bonds. The highest BCUT2D eigenvalue weighted by Gasteiger charge is 2.30. The monoisotopic (exact) mass is 438 g/mol. The maximum Gasteiger partial charge on any atom is 0.326 e. The Morgan fingerprint density at radius 2 is 1.71 bits per heavy atom. The lowest BCUT2D eigenvalue weighted by Gasteiger charge is -2.25. The predicted molar refractivity (Wildman–Crippen MR) is 114 cm³/mol. The van der Waals surface area contributed by atoms with E-state index in [1.807, 2.05) is 13.8 Å². The van der Waals surface area contributed by atoms with Gasteiger partial charge >= 0.3 is 5.97 Å². The SMILES string of the molecule is CCC(C)C(N)C(=O)NC(C)C(=O)NC(Cc1cnc[nH]1)C(=O)NC(C(=O)O)C(C)C. The summed E-state index contributed by atoms with van der Waals surface area (Å²) >= 11 is 0. The van der Waals surface area contributed by atoms with E-state index in [1.54, 1.807) is 13.8 Å². The topological polar surface area (TPSA) is 179 Å². The molecule has 5 unspecified atom stereocenters. The van der Waals surface area contributed by atoms with E-state index in [0.29, 0.717) is 12.1 Å². The summed E-state index contributed by atoms with van der Waals surface area (Å²) in [6.45, 7) is 8.57. The second-order valence-corrected chi connectivity index (χ2v) is 8.05. The van der Waals surface area contributed by atoms with Crippen LogP contribution in [0.1, 0.15) is 46.7 Å². The molecule has 1 heterocycles. The van der Waals surface area contributed by atoms with Crippen LogP contribution < -0.4 is 21.7 Å². The molecule has 174 valence electrons. The molecule has 11 heteroatoms. The summed E-state index contributed by atoms with van der Waals surface area (Å²) in [6, 6.07) is -3.89. The van der Waals surface area contributed by atoms with E-state index in [2.05, 4.69) is 25.9 Å². The number of carbonyl (C=O) groups excluding carboxylic acids is 3. The highest BCUT2D eigenvalue weighted by molar-refractivity contribution is 5.94. The third-order valence-corrected chi connectivity index (χ3v) is 5.15. The average Bonchev–Trinajstić information content (AvgIpc) is 3.22. The van der Waals surface area contributed by atoms with Gasteiger partial charge in [0.15, 0.2) is 0 Å². The maximum atomic E-state index is 12.8. The van der Waals surface area contributed by atoms with Gasteiger partial charge in [0.05, 0.1) is 12.4 Å². The number of nitrogens with two attached hydrogens (primary N) is 1. The van der Waals surface area contributed by atoms with E-state index >= 15 is 0 Å². The largest absolute Gasteiger partial charge is 0.480 e. The normalized spacial score (nSPS) is 16.0. The van der Waals surface area contributed by atoms with Gasteiger partial charge in [-0.25, -0.2) is 9.78 Å². The molecule has 1 rings (SSSR count). The molecule has 1 aromatic heterocycles. The van der Waals surface area contributed by atoms with Crippen molar-refractivity contribution in [2.24, 2.45) is 17.6 Å². The van der Waals surface area contributed by atoms with Crippen LogP contribution in [0, 0.1) is 11.8 Å². The number of H-pyrrole nitrogens is 1. The predicted octanol–water partition coefficient (Wildman–Crippen LogP) is -0.459. The third kappa shape index (κ3) is 8.00. The number of carbonyl (C=O) groups is 4. The molecule has 7 N–H and O–H groups in total. The Labute approximate surface area is 181 Å². The molecule has 0 aliphatic heterocycles. The number of imidazole rings is 1. The lowest BCUT2D eigenvalue weighted by atomic mass is 9.99. The molecule has 5 atom stereocenters. The first-order valence-corrected chi connectivity index (χ1v) is 10.3. The van der Waals surface area contributed by atoms with E-state index < -0.39 is 47.9 Å². The maximum absolute atomic E-state index is 12.8. The standard InChI is InChI=1S/C20H34N6O5/c1-6-11(4)15(21)19(29)24-12(5)17(27)25-14(7-13-8-22-9-23-13)18(28)26-16(10(2)3)20(30)31/h8-12,14-16H,6-7,21H2,1-5H3,(H,22,23)(H,24,29)(H,25,27)(H,26,28)(H,30,31). The molecule has 11 nitrogen and oxygen atoms in total. The van der Waals surface area contributed by atoms with Crippen molar-refractivity contribution in [3.8, 4) is 0 Å². The van der Waals surface area contributed by atoms with Crippen molar-refractivity contribution in [3.63, 3.8) is 0 Å². The highest BCUT2D eigenvalue weighted by atomic mass is 16.4. The van der Waals surface area contributed by atoms with Crippen molar-refractivity contribution in [1.29, 1.82) is 0 Å². The Kier molecular flexibility index (Phi) is 10.1. The lowest BCUT2D eigenvalue weighted by Crippen LogP contribution is -2.57. The fourth-order valence-corrected chi connectivity index (χ4v) is 2.78. The number of nitrogens with one attached hydrogen (secondary N) is 4. The van der Waals surface area contributed by atoms with E-state index in [-0.39, 0.29) is 18.3 Å². The number of hydrogen-bond acceptors (Lipinski definition) is 6. The van der Waals surface area contributed by atoms with Crippen molar-refractivity contribution in [2.45, 2.75) is 71.6 Å². The smallest absolute Gasteiger partial charge is 0.326 e. The number of aromatic amines is 1. The van der Waals surface area contributed by atoms with Crippen LogP contribution >= 0.6 is 0 Å². The molecular weight excluding hydrogens is 404 g/mol. The van der Waals surface area contributed by atoms with Crippen LogP contribution in [0.15, 0.2) is 12.5 Å². The Balaban J connectivity index is 2.89. The third-order valence-electron chi connectivity index (χ3n) is 5.15. The number of aliphatic carboxylic acids is 1. The molecule has 31 heavy (non-hydrogen) atoms. The van der Waals surface area contributed by atoms with Gasteiger partial charge in [-0.1, -0.05) is 34.1 Å². The van der Waals surface area contributed by atoms with E-state index in [1.165, 1.54) is 19.4 Å².